The van der Waals surface area contributed by atoms with Crippen LogP contribution in [0.3, 0.4) is 0 Å². The maximum atomic E-state index is 12.5. The van der Waals surface area contributed by atoms with Crippen LogP contribution in [0.15, 0.2) is 48.5 Å². The number of ether oxygens (including phenoxy) is 1. The van der Waals surface area contributed by atoms with Gasteiger partial charge in [-0.05, 0) is 26.0 Å². The van der Waals surface area contributed by atoms with Crippen molar-refractivity contribution in [1.82, 2.24) is 15.1 Å². The highest BCUT2D eigenvalue weighted by molar-refractivity contribution is 5.93. The van der Waals surface area contributed by atoms with E-state index in [1.807, 2.05) is 62.4 Å². The van der Waals surface area contributed by atoms with E-state index in [0.29, 0.717) is 13.2 Å². The van der Waals surface area contributed by atoms with Crippen LogP contribution in [-0.4, -0.2) is 28.2 Å². The minimum Gasteiger partial charge on any atom is -0.494 e. The number of rotatable bonds is 7. The van der Waals surface area contributed by atoms with Crippen molar-refractivity contribution in [1.29, 1.82) is 0 Å². The Bertz CT molecular complexity index is 962. The first kappa shape index (κ1) is 18.6. The molecule has 27 heavy (non-hydrogen) atoms. The predicted molar refractivity (Wildman–Crippen MR) is 104 cm³/mol. The monoisotopic (exact) mass is 365 g/mol. The Labute approximate surface area is 158 Å². The molecule has 0 aliphatic rings. The van der Waals surface area contributed by atoms with Crippen molar-refractivity contribution in [2.45, 2.75) is 33.2 Å². The normalized spacial score (nSPS) is 10.7. The predicted octanol–water partition coefficient (Wildman–Crippen LogP) is 3.48. The average Bonchev–Trinajstić information content (AvgIpc) is 3.03. The van der Waals surface area contributed by atoms with E-state index < -0.39 is 0 Å². The molecule has 0 unspecified atom stereocenters. The highest BCUT2D eigenvalue weighted by atomic mass is 16.5. The quantitative estimate of drug-likeness (QED) is 0.696. The van der Waals surface area contributed by atoms with E-state index in [4.69, 9.17) is 4.74 Å². The molecule has 6 heteroatoms. The van der Waals surface area contributed by atoms with E-state index in [1.54, 1.807) is 0 Å². The molecule has 2 aromatic carbocycles. The maximum absolute atomic E-state index is 12.5. The van der Waals surface area contributed by atoms with Gasteiger partial charge in [0.25, 0.3) is 0 Å². The number of hydrogen-bond donors (Lipinski definition) is 1. The van der Waals surface area contributed by atoms with E-state index in [1.165, 1.54) is 4.68 Å². The first-order valence-corrected chi connectivity index (χ1v) is 9.05. The van der Waals surface area contributed by atoms with Crippen molar-refractivity contribution >= 4 is 22.7 Å². The minimum atomic E-state index is -0.191. The molecule has 0 bridgehead atoms. The molecule has 3 aromatic rings. The van der Waals surface area contributed by atoms with Crippen LogP contribution in [0.2, 0.25) is 0 Å². The molecule has 0 atom stereocenters. The fourth-order valence-corrected chi connectivity index (χ4v) is 2.97. The van der Waals surface area contributed by atoms with Crippen molar-refractivity contribution < 1.29 is 14.3 Å². The summed E-state index contributed by atoms with van der Waals surface area (Å²) < 4.78 is 6.94. The Hall–Kier alpha value is -3.15. The summed E-state index contributed by atoms with van der Waals surface area (Å²) in [6.07, 6.45) is 0.215. The van der Waals surface area contributed by atoms with E-state index in [0.717, 1.165) is 27.9 Å². The smallest absolute Gasteiger partial charge is 0.247 e. The Kier molecular flexibility index (Phi) is 5.86. The zero-order valence-electron chi connectivity index (χ0n) is 15.6. The van der Waals surface area contributed by atoms with Gasteiger partial charge in [0.05, 0.1) is 17.8 Å². The standard InChI is InChI=1S/C21H23N3O3/c1-3-27-19-11-7-4-8-16(19)14-22-20(25)12-13-21(26)24-18-10-6-5-9-17(18)15(2)23-24/h4-11H,3,12-14H2,1-2H3,(H,22,25). The molecule has 0 fully saturated rings. The third-order valence-corrected chi connectivity index (χ3v) is 4.32. The Balaban J connectivity index is 1.57. The summed E-state index contributed by atoms with van der Waals surface area (Å²) in [5.74, 6) is 0.391. The molecule has 1 amide bonds. The second kappa shape index (κ2) is 8.49. The average molecular weight is 365 g/mol. The van der Waals surface area contributed by atoms with Crippen molar-refractivity contribution in [3.05, 3.63) is 59.8 Å². The number of nitrogens with one attached hydrogen (secondary N) is 1. The van der Waals surface area contributed by atoms with E-state index >= 15 is 0 Å². The van der Waals surface area contributed by atoms with Gasteiger partial charge < -0.3 is 10.1 Å². The number of aromatic nitrogens is 2. The molecular formula is C21H23N3O3. The minimum absolute atomic E-state index is 0.101. The van der Waals surface area contributed by atoms with Crippen LogP contribution in [0.5, 0.6) is 5.75 Å². The number of nitrogens with zero attached hydrogens (tertiary/aromatic N) is 2. The van der Waals surface area contributed by atoms with Crippen molar-refractivity contribution in [3.8, 4) is 5.75 Å². The number of carbonyl (C=O) groups is 2. The van der Waals surface area contributed by atoms with Gasteiger partial charge in [0.15, 0.2) is 0 Å². The molecule has 1 heterocycles. The lowest BCUT2D eigenvalue weighted by Crippen LogP contribution is -2.24. The largest absolute Gasteiger partial charge is 0.494 e. The number of carbonyl (C=O) groups excluding carboxylic acids is 2. The molecular weight excluding hydrogens is 342 g/mol. The zero-order valence-corrected chi connectivity index (χ0v) is 15.6. The van der Waals surface area contributed by atoms with Crippen LogP contribution in [-0.2, 0) is 11.3 Å². The second-order valence-corrected chi connectivity index (χ2v) is 6.23. The molecule has 1 aromatic heterocycles. The summed E-state index contributed by atoms with van der Waals surface area (Å²) >= 11 is 0. The molecule has 0 radical (unpaired) electrons. The summed E-state index contributed by atoms with van der Waals surface area (Å²) in [6.45, 7) is 4.72. The molecule has 140 valence electrons. The first-order valence-electron chi connectivity index (χ1n) is 9.05. The fourth-order valence-electron chi connectivity index (χ4n) is 2.97. The van der Waals surface area contributed by atoms with Crippen LogP contribution < -0.4 is 10.1 Å². The lowest BCUT2D eigenvalue weighted by atomic mass is 10.2. The van der Waals surface area contributed by atoms with Crippen LogP contribution in [0.25, 0.3) is 10.9 Å². The van der Waals surface area contributed by atoms with Crippen LogP contribution in [0.4, 0.5) is 0 Å². The lowest BCUT2D eigenvalue weighted by Gasteiger charge is -2.11. The van der Waals surface area contributed by atoms with Crippen molar-refractivity contribution in [2.75, 3.05) is 6.61 Å². The topological polar surface area (TPSA) is 73.2 Å². The summed E-state index contributed by atoms with van der Waals surface area (Å²) in [7, 11) is 0. The Morgan fingerprint density at radius 2 is 1.81 bits per heavy atom. The second-order valence-electron chi connectivity index (χ2n) is 6.23. The molecule has 3 rings (SSSR count). The Morgan fingerprint density at radius 3 is 2.63 bits per heavy atom. The lowest BCUT2D eigenvalue weighted by molar-refractivity contribution is -0.121. The third kappa shape index (κ3) is 4.34. The number of para-hydroxylation sites is 2. The molecule has 0 saturated carbocycles. The van der Waals surface area contributed by atoms with E-state index in [-0.39, 0.29) is 24.7 Å². The SMILES string of the molecule is CCOc1ccccc1CNC(=O)CCC(=O)n1nc(C)c2ccccc21. The summed E-state index contributed by atoms with van der Waals surface area (Å²) in [5, 5.41) is 8.11. The maximum Gasteiger partial charge on any atom is 0.247 e. The Morgan fingerprint density at radius 1 is 1.07 bits per heavy atom. The molecule has 0 spiro atoms. The van der Waals surface area contributed by atoms with Gasteiger partial charge in [0.2, 0.25) is 11.8 Å². The molecule has 0 aliphatic heterocycles. The molecule has 0 saturated heterocycles. The van der Waals surface area contributed by atoms with Crippen molar-refractivity contribution in [2.24, 2.45) is 0 Å². The molecule has 1 N–H and O–H groups in total. The summed E-state index contributed by atoms with van der Waals surface area (Å²) in [4.78, 5) is 24.6. The van der Waals surface area contributed by atoms with E-state index in [2.05, 4.69) is 10.4 Å². The number of amides is 1. The van der Waals surface area contributed by atoms with Crippen molar-refractivity contribution in [3.63, 3.8) is 0 Å². The van der Waals surface area contributed by atoms with Gasteiger partial charge in [-0.15, -0.1) is 0 Å². The van der Waals surface area contributed by atoms with Gasteiger partial charge in [0.1, 0.15) is 5.75 Å². The summed E-state index contributed by atoms with van der Waals surface area (Å²) in [5.41, 5.74) is 2.48. The van der Waals surface area contributed by atoms with Gasteiger partial charge >= 0.3 is 0 Å². The number of fused-ring (bicyclic) bond motifs is 1. The van der Waals surface area contributed by atoms with Crippen LogP contribution >= 0.6 is 0 Å². The molecule has 0 aliphatic carbocycles. The van der Waals surface area contributed by atoms with Gasteiger partial charge in [-0.3, -0.25) is 9.59 Å². The van der Waals surface area contributed by atoms with Crippen LogP contribution in [0.1, 0.15) is 35.8 Å². The highest BCUT2D eigenvalue weighted by Gasteiger charge is 2.14. The van der Waals surface area contributed by atoms with Gasteiger partial charge in [0, 0.05) is 30.3 Å². The third-order valence-electron chi connectivity index (χ3n) is 4.32. The number of hydrogen-bond acceptors (Lipinski definition) is 4. The number of aryl methyl sites for hydroxylation is 1. The number of benzene rings is 2. The van der Waals surface area contributed by atoms with Crippen LogP contribution in [0, 0.1) is 6.92 Å². The molecule has 6 nitrogen and oxygen atoms in total. The van der Waals surface area contributed by atoms with Gasteiger partial charge in [-0.1, -0.05) is 36.4 Å². The van der Waals surface area contributed by atoms with Gasteiger partial charge in [-0.25, -0.2) is 0 Å². The van der Waals surface area contributed by atoms with Gasteiger partial charge in [-0.2, -0.15) is 9.78 Å². The highest BCUT2D eigenvalue weighted by Crippen LogP contribution is 2.19. The summed E-state index contributed by atoms with van der Waals surface area (Å²) in [6, 6.07) is 15.2. The first-order chi connectivity index (χ1) is 13.1. The zero-order chi connectivity index (χ0) is 19.2. The van der Waals surface area contributed by atoms with E-state index in [9.17, 15) is 9.59 Å². The fraction of sp³-hybridized carbons (Fsp3) is 0.286.